The van der Waals surface area contributed by atoms with Crippen LogP contribution >= 0.6 is 0 Å². The van der Waals surface area contributed by atoms with E-state index in [0.29, 0.717) is 24.1 Å². The number of nitrogens with zero attached hydrogens (tertiary/aromatic N) is 3. The zero-order valence-corrected chi connectivity index (χ0v) is 19.2. The quantitative estimate of drug-likeness (QED) is 0.419. The van der Waals surface area contributed by atoms with Crippen molar-refractivity contribution < 1.29 is 9.47 Å². The highest BCUT2D eigenvalue weighted by molar-refractivity contribution is 5.80. The molecule has 2 heterocycles. The molecule has 1 aliphatic rings. The van der Waals surface area contributed by atoms with Gasteiger partial charge in [0, 0.05) is 38.9 Å². The van der Waals surface area contributed by atoms with Crippen LogP contribution in [0.25, 0.3) is 0 Å². The Labute approximate surface area is 195 Å². The van der Waals surface area contributed by atoms with Crippen LogP contribution in [0.3, 0.4) is 0 Å². The first-order valence-corrected chi connectivity index (χ1v) is 11.3. The van der Waals surface area contributed by atoms with E-state index in [4.69, 9.17) is 9.47 Å². The Kier molecular flexibility index (Phi) is 7.64. The van der Waals surface area contributed by atoms with Crippen LogP contribution in [0.1, 0.15) is 18.4 Å². The van der Waals surface area contributed by atoms with Gasteiger partial charge in [-0.3, -0.25) is 4.99 Å². The van der Waals surface area contributed by atoms with Gasteiger partial charge in [0.2, 0.25) is 0 Å². The molecule has 4 rings (SSSR count). The molecule has 1 aliphatic heterocycles. The second-order valence-corrected chi connectivity index (χ2v) is 7.92. The molecule has 3 aromatic rings. The molecule has 0 bridgehead atoms. The fourth-order valence-corrected chi connectivity index (χ4v) is 3.87. The second kappa shape index (κ2) is 11.2. The maximum Gasteiger partial charge on any atom is 0.191 e. The van der Waals surface area contributed by atoms with Crippen molar-refractivity contribution in [2.24, 2.45) is 4.99 Å². The van der Waals surface area contributed by atoms with Crippen molar-refractivity contribution in [3.63, 3.8) is 0 Å². The summed E-state index contributed by atoms with van der Waals surface area (Å²) in [5.41, 5.74) is 1.15. The lowest BCUT2D eigenvalue weighted by Crippen LogP contribution is -2.48. The minimum atomic E-state index is 0.396. The summed E-state index contributed by atoms with van der Waals surface area (Å²) in [7, 11) is 3.45. The number of anilines is 1. The molecule has 1 aromatic heterocycles. The van der Waals surface area contributed by atoms with Gasteiger partial charge in [0.05, 0.1) is 7.11 Å². The largest absolute Gasteiger partial charge is 0.493 e. The summed E-state index contributed by atoms with van der Waals surface area (Å²) in [5.74, 6) is 4.05. The molecule has 33 heavy (non-hydrogen) atoms. The molecule has 0 saturated carbocycles. The van der Waals surface area contributed by atoms with Gasteiger partial charge in [0.1, 0.15) is 11.6 Å². The van der Waals surface area contributed by atoms with Gasteiger partial charge in [0.25, 0.3) is 0 Å². The fourth-order valence-electron chi connectivity index (χ4n) is 3.87. The molecule has 0 amide bonds. The van der Waals surface area contributed by atoms with Crippen LogP contribution in [0.5, 0.6) is 17.2 Å². The predicted molar refractivity (Wildman–Crippen MR) is 132 cm³/mol. The maximum absolute atomic E-state index is 5.95. The molecule has 7 heteroatoms. The number of para-hydroxylation sites is 2. The van der Waals surface area contributed by atoms with Crippen molar-refractivity contribution >= 4 is 11.8 Å². The van der Waals surface area contributed by atoms with Crippen LogP contribution in [0.2, 0.25) is 0 Å². The highest BCUT2D eigenvalue weighted by atomic mass is 16.5. The highest BCUT2D eigenvalue weighted by Crippen LogP contribution is 2.30. The predicted octanol–water partition coefficient (Wildman–Crippen LogP) is 4.22. The number of hydrogen-bond donors (Lipinski definition) is 2. The number of ether oxygens (including phenoxy) is 2. The third-order valence-corrected chi connectivity index (χ3v) is 5.71. The van der Waals surface area contributed by atoms with E-state index in [1.54, 1.807) is 7.11 Å². The maximum atomic E-state index is 5.95. The Hall–Kier alpha value is -3.74. The lowest BCUT2D eigenvalue weighted by molar-refractivity contribution is 0.379. The normalized spacial score (nSPS) is 14.6. The number of aromatic nitrogens is 1. The SMILES string of the molecule is CN=C(NCc1ccc(Oc2ccccc2OC)cc1)NC1CCN(c2ccccn2)CC1. The van der Waals surface area contributed by atoms with Crippen molar-refractivity contribution in [1.29, 1.82) is 0 Å². The summed E-state index contributed by atoms with van der Waals surface area (Å²) in [6, 6.07) is 22.1. The van der Waals surface area contributed by atoms with Gasteiger partial charge in [-0.15, -0.1) is 0 Å². The van der Waals surface area contributed by atoms with Crippen molar-refractivity contribution in [3.8, 4) is 17.2 Å². The van der Waals surface area contributed by atoms with Crippen molar-refractivity contribution in [2.75, 3.05) is 32.1 Å². The lowest BCUT2D eigenvalue weighted by Gasteiger charge is -2.33. The molecule has 172 valence electrons. The molecule has 0 atom stereocenters. The summed E-state index contributed by atoms with van der Waals surface area (Å²) in [5, 5.41) is 6.97. The first-order chi connectivity index (χ1) is 16.2. The van der Waals surface area contributed by atoms with Crippen LogP contribution in [-0.4, -0.2) is 44.2 Å². The zero-order valence-electron chi connectivity index (χ0n) is 19.2. The Bertz CT molecular complexity index is 1030. The fraction of sp³-hybridized carbons (Fsp3) is 0.308. The topological polar surface area (TPSA) is 71.0 Å². The highest BCUT2D eigenvalue weighted by Gasteiger charge is 2.20. The van der Waals surface area contributed by atoms with Gasteiger partial charge in [0.15, 0.2) is 17.5 Å². The van der Waals surface area contributed by atoms with Crippen molar-refractivity contribution in [2.45, 2.75) is 25.4 Å². The molecular weight excluding hydrogens is 414 g/mol. The molecule has 2 N–H and O–H groups in total. The number of pyridine rings is 1. The number of aliphatic imine (C=N–C) groups is 1. The number of piperidine rings is 1. The molecule has 0 aliphatic carbocycles. The van der Waals surface area contributed by atoms with E-state index in [1.165, 1.54) is 0 Å². The second-order valence-electron chi connectivity index (χ2n) is 7.92. The number of methoxy groups -OCH3 is 1. The standard InChI is InChI=1S/C26H31N5O2/c1-27-26(30-21-14-17-31(18-15-21)25-9-5-6-16-28-25)29-19-20-10-12-22(13-11-20)33-24-8-4-3-7-23(24)32-2/h3-13,16,21H,14-15,17-19H2,1-2H3,(H2,27,29,30). The summed E-state index contributed by atoms with van der Waals surface area (Å²) >= 11 is 0. The number of nitrogens with one attached hydrogen (secondary N) is 2. The third-order valence-electron chi connectivity index (χ3n) is 5.71. The van der Waals surface area contributed by atoms with E-state index in [2.05, 4.69) is 43.7 Å². The third kappa shape index (κ3) is 6.16. The van der Waals surface area contributed by atoms with Crippen LogP contribution in [0.15, 0.2) is 77.9 Å². The molecule has 2 aromatic carbocycles. The molecule has 1 fully saturated rings. The minimum Gasteiger partial charge on any atom is -0.493 e. The van der Waals surface area contributed by atoms with Crippen LogP contribution in [0.4, 0.5) is 5.82 Å². The summed E-state index contributed by atoms with van der Waals surface area (Å²) < 4.78 is 11.3. The van der Waals surface area contributed by atoms with Crippen molar-refractivity contribution in [3.05, 3.63) is 78.5 Å². The Balaban J connectivity index is 1.24. The molecule has 7 nitrogen and oxygen atoms in total. The number of rotatable bonds is 7. The van der Waals surface area contributed by atoms with E-state index in [-0.39, 0.29) is 0 Å². The minimum absolute atomic E-state index is 0.396. The Morgan fingerprint density at radius 2 is 1.73 bits per heavy atom. The van der Waals surface area contributed by atoms with Gasteiger partial charge < -0.3 is 25.0 Å². The van der Waals surface area contributed by atoms with Gasteiger partial charge >= 0.3 is 0 Å². The molecule has 0 radical (unpaired) electrons. The summed E-state index contributed by atoms with van der Waals surface area (Å²) in [6.45, 7) is 2.65. The van der Waals surface area contributed by atoms with Gasteiger partial charge in [-0.05, 0) is 54.8 Å². The molecule has 1 saturated heterocycles. The Morgan fingerprint density at radius 3 is 2.39 bits per heavy atom. The average molecular weight is 446 g/mol. The zero-order chi connectivity index (χ0) is 22.9. The summed E-state index contributed by atoms with van der Waals surface area (Å²) in [6.07, 6.45) is 3.95. The number of hydrogen-bond acceptors (Lipinski definition) is 5. The first-order valence-electron chi connectivity index (χ1n) is 11.3. The average Bonchev–Trinajstić information content (AvgIpc) is 2.88. The number of guanidine groups is 1. The van der Waals surface area contributed by atoms with E-state index in [0.717, 1.165) is 49.0 Å². The van der Waals surface area contributed by atoms with E-state index in [1.807, 2.05) is 61.8 Å². The van der Waals surface area contributed by atoms with E-state index >= 15 is 0 Å². The Morgan fingerprint density at radius 1 is 1.00 bits per heavy atom. The van der Waals surface area contributed by atoms with E-state index < -0.39 is 0 Å². The monoisotopic (exact) mass is 445 g/mol. The first kappa shape index (κ1) is 22.5. The van der Waals surface area contributed by atoms with Crippen LogP contribution < -0.4 is 25.0 Å². The van der Waals surface area contributed by atoms with Crippen LogP contribution in [-0.2, 0) is 6.54 Å². The van der Waals surface area contributed by atoms with Gasteiger partial charge in [-0.2, -0.15) is 0 Å². The van der Waals surface area contributed by atoms with E-state index in [9.17, 15) is 0 Å². The van der Waals surface area contributed by atoms with Gasteiger partial charge in [-0.1, -0.05) is 30.3 Å². The molecule has 0 unspecified atom stereocenters. The van der Waals surface area contributed by atoms with Crippen molar-refractivity contribution in [1.82, 2.24) is 15.6 Å². The number of benzene rings is 2. The molecule has 0 spiro atoms. The lowest BCUT2D eigenvalue weighted by atomic mass is 10.1. The smallest absolute Gasteiger partial charge is 0.191 e. The van der Waals surface area contributed by atoms with Gasteiger partial charge in [-0.25, -0.2) is 4.98 Å². The van der Waals surface area contributed by atoms with Crippen LogP contribution in [0, 0.1) is 0 Å². The molecular formula is C26H31N5O2. The summed E-state index contributed by atoms with van der Waals surface area (Å²) in [4.78, 5) is 11.2.